The molecule has 0 unspecified atom stereocenters. The van der Waals surface area contributed by atoms with E-state index in [0.717, 1.165) is 11.3 Å². The van der Waals surface area contributed by atoms with Crippen LogP contribution in [0.3, 0.4) is 0 Å². The lowest BCUT2D eigenvalue weighted by atomic mass is 10.1. The largest absolute Gasteiger partial charge is 0.354 e. The van der Waals surface area contributed by atoms with Crippen LogP contribution >= 0.6 is 11.3 Å². The Morgan fingerprint density at radius 1 is 1.50 bits per heavy atom. The third-order valence-electron chi connectivity index (χ3n) is 1.58. The van der Waals surface area contributed by atoms with Gasteiger partial charge in [0.05, 0.1) is 0 Å². The summed E-state index contributed by atoms with van der Waals surface area (Å²) in [4.78, 5) is 0. The molecule has 0 fully saturated rings. The van der Waals surface area contributed by atoms with Gasteiger partial charge in [-0.15, -0.1) is 10.2 Å². The average Bonchev–Trinajstić information content (AvgIpc) is 2.52. The molecule has 0 radical (unpaired) electrons. The van der Waals surface area contributed by atoms with E-state index in [9.17, 15) is 8.78 Å². The molecule has 0 spiro atoms. The molecule has 0 saturated heterocycles. The summed E-state index contributed by atoms with van der Waals surface area (Å²) in [6, 6.07) is 0. The van der Waals surface area contributed by atoms with Gasteiger partial charge in [-0.3, -0.25) is 0 Å². The molecule has 0 aliphatic rings. The predicted octanol–water partition coefficient (Wildman–Crippen LogP) is 1.62. The van der Waals surface area contributed by atoms with Crippen LogP contribution in [-0.2, 0) is 0 Å². The highest BCUT2D eigenvalue weighted by molar-refractivity contribution is 7.15. The van der Waals surface area contributed by atoms with Crippen molar-refractivity contribution in [3.8, 4) is 0 Å². The number of anilines is 1. The maximum absolute atomic E-state index is 12.2. The third kappa shape index (κ3) is 2.85. The smallest absolute Gasteiger partial charge is 0.291 e. The lowest BCUT2D eigenvalue weighted by Crippen LogP contribution is -2.39. The number of nitrogens with two attached hydrogens (primary N) is 1. The highest BCUT2D eigenvalue weighted by Crippen LogP contribution is 2.26. The summed E-state index contributed by atoms with van der Waals surface area (Å²) in [6.45, 7) is 4.10. The van der Waals surface area contributed by atoms with Crippen molar-refractivity contribution in [2.75, 3.05) is 11.9 Å². The zero-order valence-corrected chi connectivity index (χ0v) is 8.74. The van der Waals surface area contributed by atoms with Gasteiger partial charge in [-0.2, -0.15) is 0 Å². The van der Waals surface area contributed by atoms with Crippen molar-refractivity contribution >= 4 is 16.5 Å². The molecule has 3 N–H and O–H groups in total. The van der Waals surface area contributed by atoms with E-state index in [4.69, 9.17) is 5.73 Å². The van der Waals surface area contributed by atoms with Crippen molar-refractivity contribution in [1.29, 1.82) is 0 Å². The molecule has 0 bridgehead atoms. The van der Waals surface area contributed by atoms with Crippen molar-refractivity contribution in [1.82, 2.24) is 10.2 Å². The van der Waals surface area contributed by atoms with Crippen LogP contribution in [0.25, 0.3) is 0 Å². The number of aromatic nitrogens is 2. The molecule has 1 rings (SSSR count). The zero-order chi connectivity index (χ0) is 10.8. The van der Waals surface area contributed by atoms with E-state index in [1.807, 2.05) is 13.8 Å². The van der Waals surface area contributed by atoms with E-state index < -0.39 is 6.43 Å². The fraction of sp³-hybridized carbons (Fsp3) is 0.714. The van der Waals surface area contributed by atoms with E-state index in [2.05, 4.69) is 15.5 Å². The molecular formula is C7H12F2N4S. The van der Waals surface area contributed by atoms with Crippen LogP contribution < -0.4 is 11.1 Å². The van der Waals surface area contributed by atoms with Crippen LogP contribution in [-0.4, -0.2) is 22.3 Å². The van der Waals surface area contributed by atoms with Gasteiger partial charge in [0.15, 0.2) is 5.01 Å². The Morgan fingerprint density at radius 3 is 2.57 bits per heavy atom. The second kappa shape index (κ2) is 4.14. The van der Waals surface area contributed by atoms with Gasteiger partial charge in [0.2, 0.25) is 5.13 Å². The van der Waals surface area contributed by atoms with Crippen LogP contribution in [0.4, 0.5) is 13.9 Å². The number of nitrogens with one attached hydrogen (secondary N) is 1. The summed E-state index contributed by atoms with van der Waals surface area (Å²) in [5, 5.41) is 9.97. The summed E-state index contributed by atoms with van der Waals surface area (Å²) >= 11 is 0.844. The van der Waals surface area contributed by atoms with Crippen LogP contribution in [0, 0.1) is 0 Å². The van der Waals surface area contributed by atoms with E-state index >= 15 is 0 Å². The molecule has 80 valence electrons. The van der Waals surface area contributed by atoms with Crippen molar-refractivity contribution in [2.45, 2.75) is 25.8 Å². The van der Waals surface area contributed by atoms with Crippen LogP contribution in [0.1, 0.15) is 25.3 Å². The standard InChI is InChI=1S/C7H12F2N4S/c1-7(2,3-10)11-6-13-12-5(14-6)4(8)9/h4H,3,10H2,1-2H3,(H,11,13). The fourth-order valence-corrected chi connectivity index (χ4v) is 1.49. The van der Waals surface area contributed by atoms with Crippen LogP contribution in [0.15, 0.2) is 0 Å². The molecule has 14 heavy (non-hydrogen) atoms. The minimum atomic E-state index is -2.57. The van der Waals surface area contributed by atoms with Gasteiger partial charge in [0, 0.05) is 12.1 Å². The Labute approximate surface area is 84.5 Å². The lowest BCUT2D eigenvalue weighted by Gasteiger charge is -2.22. The van der Waals surface area contributed by atoms with E-state index in [-0.39, 0.29) is 10.5 Å². The average molecular weight is 222 g/mol. The first-order valence-electron chi connectivity index (χ1n) is 4.04. The number of nitrogens with zero attached hydrogens (tertiary/aromatic N) is 2. The Hall–Kier alpha value is -0.820. The number of rotatable bonds is 4. The van der Waals surface area contributed by atoms with Gasteiger partial charge in [0.25, 0.3) is 6.43 Å². The summed E-state index contributed by atoms with van der Waals surface area (Å²) in [7, 11) is 0. The monoisotopic (exact) mass is 222 g/mol. The molecule has 1 aromatic heterocycles. The number of hydrogen-bond donors (Lipinski definition) is 2. The molecule has 0 aliphatic carbocycles. The Bertz CT molecular complexity index is 300. The van der Waals surface area contributed by atoms with Gasteiger partial charge in [0.1, 0.15) is 0 Å². The molecule has 0 amide bonds. The summed E-state index contributed by atoms with van der Waals surface area (Å²) in [6.07, 6.45) is -2.57. The molecule has 0 atom stereocenters. The number of halogens is 2. The molecule has 1 heterocycles. The van der Waals surface area contributed by atoms with E-state index in [0.29, 0.717) is 11.7 Å². The summed E-state index contributed by atoms with van der Waals surface area (Å²) in [5.41, 5.74) is 5.10. The minimum absolute atomic E-state index is 0.277. The molecule has 0 saturated carbocycles. The lowest BCUT2D eigenvalue weighted by molar-refractivity contribution is 0.150. The minimum Gasteiger partial charge on any atom is -0.354 e. The number of alkyl halides is 2. The van der Waals surface area contributed by atoms with Crippen molar-refractivity contribution in [3.63, 3.8) is 0 Å². The van der Waals surface area contributed by atoms with Gasteiger partial charge in [-0.25, -0.2) is 8.78 Å². The summed E-state index contributed by atoms with van der Waals surface area (Å²) < 4.78 is 24.3. The first kappa shape index (κ1) is 11.3. The van der Waals surface area contributed by atoms with Gasteiger partial charge < -0.3 is 11.1 Å². The SMILES string of the molecule is CC(C)(CN)Nc1nnc(C(F)F)s1. The fourth-order valence-electron chi connectivity index (χ4n) is 0.714. The number of hydrogen-bond acceptors (Lipinski definition) is 5. The first-order chi connectivity index (χ1) is 6.44. The third-order valence-corrected chi connectivity index (χ3v) is 2.43. The molecule has 4 nitrogen and oxygen atoms in total. The zero-order valence-electron chi connectivity index (χ0n) is 7.92. The molecule has 7 heteroatoms. The Balaban J connectivity index is 2.69. The second-order valence-electron chi connectivity index (χ2n) is 3.46. The highest BCUT2D eigenvalue weighted by atomic mass is 32.1. The van der Waals surface area contributed by atoms with Gasteiger partial charge in [-0.05, 0) is 13.8 Å². The molecule has 1 aromatic rings. The maximum atomic E-state index is 12.2. The van der Waals surface area contributed by atoms with E-state index in [1.165, 1.54) is 0 Å². The quantitative estimate of drug-likeness (QED) is 0.812. The Kier molecular flexibility index (Phi) is 3.33. The normalized spacial score (nSPS) is 12.1. The van der Waals surface area contributed by atoms with Crippen molar-refractivity contribution < 1.29 is 8.78 Å². The highest BCUT2D eigenvalue weighted by Gasteiger charge is 2.19. The molecule has 0 aliphatic heterocycles. The maximum Gasteiger partial charge on any atom is 0.291 e. The molecule has 0 aromatic carbocycles. The van der Waals surface area contributed by atoms with Crippen molar-refractivity contribution in [2.24, 2.45) is 5.73 Å². The molecular weight excluding hydrogens is 210 g/mol. The van der Waals surface area contributed by atoms with Crippen molar-refractivity contribution in [3.05, 3.63) is 5.01 Å². The Morgan fingerprint density at radius 2 is 2.14 bits per heavy atom. The second-order valence-corrected chi connectivity index (χ2v) is 4.47. The van der Waals surface area contributed by atoms with Crippen LogP contribution in [0.5, 0.6) is 0 Å². The topological polar surface area (TPSA) is 63.8 Å². The van der Waals surface area contributed by atoms with Gasteiger partial charge in [-0.1, -0.05) is 11.3 Å². The van der Waals surface area contributed by atoms with Gasteiger partial charge >= 0.3 is 0 Å². The predicted molar refractivity (Wildman–Crippen MR) is 51.6 cm³/mol. The van der Waals surface area contributed by atoms with Crippen LogP contribution in [0.2, 0.25) is 0 Å². The first-order valence-corrected chi connectivity index (χ1v) is 4.86. The van der Waals surface area contributed by atoms with E-state index in [1.54, 1.807) is 0 Å². The summed E-state index contributed by atoms with van der Waals surface area (Å²) in [5.74, 6) is 0.